The highest BCUT2D eigenvalue weighted by molar-refractivity contribution is 5.63. The standard InChI is InChI=1S/C13H21N3/c1-15(2)9-7-14-12-4-5-13-11(10-12)6-8-16(13)3/h4-5,10,14H,6-9H2,1-3H3. The molecule has 0 spiro atoms. The maximum absolute atomic E-state index is 3.46. The van der Waals surface area contributed by atoms with Crippen LogP contribution in [0.25, 0.3) is 0 Å². The molecule has 3 heteroatoms. The molecule has 0 amide bonds. The van der Waals surface area contributed by atoms with Crippen molar-refractivity contribution in [2.45, 2.75) is 6.42 Å². The average molecular weight is 219 g/mol. The maximum Gasteiger partial charge on any atom is 0.0398 e. The van der Waals surface area contributed by atoms with Gasteiger partial charge in [0, 0.05) is 38.1 Å². The number of anilines is 2. The van der Waals surface area contributed by atoms with Gasteiger partial charge in [0.25, 0.3) is 0 Å². The van der Waals surface area contributed by atoms with E-state index < -0.39 is 0 Å². The van der Waals surface area contributed by atoms with Crippen molar-refractivity contribution >= 4 is 11.4 Å². The number of fused-ring (bicyclic) bond motifs is 1. The average Bonchev–Trinajstić information content (AvgIpc) is 2.60. The van der Waals surface area contributed by atoms with Crippen molar-refractivity contribution in [3.05, 3.63) is 23.8 Å². The normalized spacial score (nSPS) is 14.4. The van der Waals surface area contributed by atoms with Gasteiger partial charge in [0.05, 0.1) is 0 Å². The van der Waals surface area contributed by atoms with E-state index in [1.807, 2.05) is 0 Å². The largest absolute Gasteiger partial charge is 0.384 e. The first kappa shape index (κ1) is 11.3. The van der Waals surface area contributed by atoms with Gasteiger partial charge in [-0.1, -0.05) is 0 Å². The Bertz CT molecular complexity index is 360. The molecule has 0 saturated heterocycles. The minimum Gasteiger partial charge on any atom is -0.384 e. The monoisotopic (exact) mass is 219 g/mol. The molecule has 1 aliphatic heterocycles. The molecule has 0 aromatic heterocycles. The van der Waals surface area contributed by atoms with Gasteiger partial charge in [-0.3, -0.25) is 0 Å². The van der Waals surface area contributed by atoms with Crippen LogP contribution in [0.1, 0.15) is 5.56 Å². The van der Waals surface area contributed by atoms with Gasteiger partial charge in [-0.2, -0.15) is 0 Å². The van der Waals surface area contributed by atoms with Crippen molar-refractivity contribution in [1.29, 1.82) is 0 Å². The van der Waals surface area contributed by atoms with Crippen LogP contribution in [0.2, 0.25) is 0 Å². The lowest BCUT2D eigenvalue weighted by Gasteiger charge is -2.14. The van der Waals surface area contributed by atoms with Crippen LogP contribution in [0, 0.1) is 0 Å². The van der Waals surface area contributed by atoms with Crippen LogP contribution in [0.5, 0.6) is 0 Å². The smallest absolute Gasteiger partial charge is 0.0398 e. The minimum absolute atomic E-state index is 1.00. The second kappa shape index (κ2) is 4.74. The van der Waals surface area contributed by atoms with Crippen LogP contribution in [-0.2, 0) is 6.42 Å². The van der Waals surface area contributed by atoms with Crippen LogP contribution in [-0.4, -0.2) is 45.7 Å². The van der Waals surface area contributed by atoms with Crippen molar-refractivity contribution in [1.82, 2.24) is 4.90 Å². The Morgan fingerprint density at radius 3 is 2.94 bits per heavy atom. The fraction of sp³-hybridized carbons (Fsp3) is 0.538. The first-order valence-corrected chi connectivity index (χ1v) is 5.89. The second-order valence-electron chi connectivity index (χ2n) is 4.75. The van der Waals surface area contributed by atoms with Gasteiger partial charge in [0.15, 0.2) is 0 Å². The van der Waals surface area contributed by atoms with E-state index in [2.05, 4.69) is 54.5 Å². The van der Waals surface area contributed by atoms with E-state index in [9.17, 15) is 0 Å². The first-order valence-electron chi connectivity index (χ1n) is 5.89. The van der Waals surface area contributed by atoms with Crippen molar-refractivity contribution in [3.8, 4) is 0 Å². The molecule has 16 heavy (non-hydrogen) atoms. The predicted octanol–water partition coefficient (Wildman–Crippen LogP) is 1.65. The molecule has 0 radical (unpaired) electrons. The third-order valence-corrected chi connectivity index (χ3v) is 3.10. The molecule has 0 saturated carbocycles. The van der Waals surface area contributed by atoms with Gasteiger partial charge >= 0.3 is 0 Å². The number of nitrogens with zero attached hydrogens (tertiary/aromatic N) is 2. The number of likely N-dealkylation sites (N-methyl/N-ethyl adjacent to an activating group) is 2. The molecule has 1 aromatic carbocycles. The highest BCUT2D eigenvalue weighted by Gasteiger charge is 2.15. The Morgan fingerprint density at radius 1 is 1.38 bits per heavy atom. The van der Waals surface area contributed by atoms with E-state index in [1.54, 1.807) is 0 Å². The highest BCUT2D eigenvalue weighted by atomic mass is 15.1. The zero-order chi connectivity index (χ0) is 11.5. The van der Waals surface area contributed by atoms with Gasteiger partial charge < -0.3 is 15.1 Å². The third kappa shape index (κ3) is 2.47. The molecule has 1 heterocycles. The number of nitrogens with one attached hydrogen (secondary N) is 1. The number of hydrogen-bond acceptors (Lipinski definition) is 3. The van der Waals surface area contributed by atoms with E-state index in [-0.39, 0.29) is 0 Å². The van der Waals surface area contributed by atoms with E-state index >= 15 is 0 Å². The molecular formula is C13H21N3. The van der Waals surface area contributed by atoms with Gasteiger partial charge in [0.2, 0.25) is 0 Å². The van der Waals surface area contributed by atoms with Crippen LogP contribution in [0.3, 0.4) is 0 Å². The van der Waals surface area contributed by atoms with E-state index in [1.165, 1.54) is 23.4 Å². The van der Waals surface area contributed by atoms with Crippen LogP contribution in [0.15, 0.2) is 18.2 Å². The molecule has 88 valence electrons. The van der Waals surface area contributed by atoms with Crippen molar-refractivity contribution in [2.75, 3.05) is 51.0 Å². The fourth-order valence-corrected chi connectivity index (χ4v) is 2.10. The first-order chi connectivity index (χ1) is 7.66. The van der Waals surface area contributed by atoms with Gasteiger partial charge in [-0.25, -0.2) is 0 Å². The summed E-state index contributed by atoms with van der Waals surface area (Å²) < 4.78 is 0. The Hall–Kier alpha value is -1.22. The second-order valence-corrected chi connectivity index (χ2v) is 4.75. The van der Waals surface area contributed by atoms with Crippen molar-refractivity contribution in [3.63, 3.8) is 0 Å². The summed E-state index contributed by atoms with van der Waals surface area (Å²) in [6, 6.07) is 6.69. The maximum atomic E-state index is 3.46. The number of rotatable bonds is 4. The van der Waals surface area contributed by atoms with Crippen LogP contribution < -0.4 is 10.2 Å². The van der Waals surface area contributed by atoms with Crippen molar-refractivity contribution < 1.29 is 0 Å². The third-order valence-electron chi connectivity index (χ3n) is 3.10. The zero-order valence-electron chi connectivity index (χ0n) is 10.5. The van der Waals surface area contributed by atoms with Crippen LogP contribution >= 0.6 is 0 Å². The Kier molecular flexibility index (Phi) is 3.34. The summed E-state index contributed by atoms with van der Waals surface area (Å²) in [5, 5.41) is 3.46. The molecule has 2 rings (SSSR count). The Labute approximate surface area is 98.0 Å². The molecule has 0 aliphatic carbocycles. The van der Waals surface area contributed by atoms with Crippen LogP contribution in [0.4, 0.5) is 11.4 Å². The summed E-state index contributed by atoms with van der Waals surface area (Å²) in [6.07, 6.45) is 1.18. The zero-order valence-corrected chi connectivity index (χ0v) is 10.5. The molecule has 0 bridgehead atoms. The van der Waals surface area contributed by atoms with Gasteiger partial charge in [0.1, 0.15) is 0 Å². The summed E-state index contributed by atoms with van der Waals surface area (Å²) >= 11 is 0. The molecule has 0 unspecified atom stereocenters. The predicted molar refractivity (Wildman–Crippen MR) is 70.5 cm³/mol. The van der Waals surface area contributed by atoms with Gasteiger partial charge in [-0.15, -0.1) is 0 Å². The lowest BCUT2D eigenvalue weighted by molar-refractivity contribution is 0.425. The number of benzene rings is 1. The lowest BCUT2D eigenvalue weighted by Crippen LogP contribution is -2.20. The fourth-order valence-electron chi connectivity index (χ4n) is 2.10. The highest BCUT2D eigenvalue weighted by Crippen LogP contribution is 2.28. The Balaban J connectivity index is 1.97. The molecule has 0 atom stereocenters. The van der Waals surface area contributed by atoms with E-state index in [4.69, 9.17) is 0 Å². The van der Waals surface area contributed by atoms with Gasteiger partial charge in [-0.05, 0) is 44.3 Å². The van der Waals surface area contributed by atoms with Crippen molar-refractivity contribution in [2.24, 2.45) is 0 Å². The summed E-state index contributed by atoms with van der Waals surface area (Å²) in [7, 11) is 6.35. The SMILES string of the molecule is CN(C)CCNc1ccc2c(c1)CCN2C. The molecule has 1 N–H and O–H groups in total. The molecular weight excluding hydrogens is 198 g/mol. The lowest BCUT2D eigenvalue weighted by atomic mass is 10.1. The van der Waals surface area contributed by atoms with E-state index in [0.29, 0.717) is 0 Å². The molecule has 0 fully saturated rings. The van der Waals surface area contributed by atoms with E-state index in [0.717, 1.165) is 19.6 Å². The molecule has 1 aromatic rings. The topological polar surface area (TPSA) is 18.5 Å². The minimum atomic E-state index is 1.00. The number of hydrogen-bond donors (Lipinski definition) is 1. The molecule has 3 nitrogen and oxygen atoms in total. The quantitative estimate of drug-likeness (QED) is 0.830. The molecule has 1 aliphatic rings. The summed E-state index contributed by atoms with van der Waals surface area (Å²) in [6.45, 7) is 3.22. The summed E-state index contributed by atoms with van der Waals surface area (Å²) in [5.74, 6) is 0. The summed E-state index contributed by atoms with van der Waals surface area (Å²) in [4.78, 5) is 4.51. The summed E-state index contributed by atoms with van der Waals surface area (Å²) in [5.41, 5.74) is 4.10. The Morgan fingerprint density at radius 2 is 2.19 bits per heavy atom.